The first-order valence-corrected chi connectivity index (χ1v) is 3.25. The van der Waals surface area contributed by atoms with Crippen LogP contribution < -0.4 is 5.14 Å². The fourth-order valence-electron chi connectivity index (χ4n) is 0.355. The summed E-state index contributed by atoms with van der Waals surface area (Å²) in [5, 5.41) is 5.24. The molecule has 42 valence electrons. The molecule has 2 heteroatoms. The molecule has 0 rings (SSSR count). The van der Waals surface area contributed by atoms with Gasteiger partial charge in [-0.25, -0.2) is 0 Å². The number of hydrogen-bond acceptors (Lipinski definition) is 2. The standard InChI is InChI=1S/C5H11NS/c1-3-5(4-2)7-6/h3H,4,6H2,1-2H3/b5-3+. The Balaban J connectivity index is 3.38. The first kappa shape index (κ1) is 7.05. The van der Waals surface area contributed by atoms with Gasteiger partial charge in [0.15, 0.2) is 0 Å². The second-order valence-electron chi connectivity index (χ2n) is 1.23. The SMILES string of the molecule is C/C=C(\CC)SN. The molecule has 0 aromatic carbocycles. The summed E-state index contributed by atoms with van der Waals surface area (Å²) in [5.74, 6) is 0. The van der Waals surface area contributed by atoms with Crippen molar-refractivity contribution in [1.29, 1.82) is 0 Å². The minimum atomic E-state index is 1.05. The van der Waals surface area contributed by atoms with Crippen LogP contribution in [-0.2, 0) is 0 Å². The molecule has 0 fully saturated rings. The van der Waals surface area contributed by atoms with Gasteiger partial charge in [0.1, 0.15) is 0 Å². The van der Waals surface area contributed by atoms with Crippen molar-refractivity contribution < 1.29 is 0 Å². The maximum absolute atomic E-state index is 5.24. The molecule has 0 saturated heterocycles. The lowest BCUT2D eigenvalue weighted by Gasteiger charge is -1.92. The molecule has 0 aliphatic carbocycles. The van der Waals surface area contributed by atoms with Gasteiger partial charge in [-0.3, -0.25) is 5.14 Å². The fourth-order valence-corrected chi connectivity index (χ4v) is 0.658. The molecule has 0 aromatic rings. The average molecular weight is 117 g/mol. The summed E-state index contributed by atoms with van der Waals surface area (Å²) >= 11 is 1.33. The van der Waals surface area contributed by atoms with Gasteiger partial charge in [0.2, 0.25) is 0 Å². The van der Waals surface area contributed by atoms with E-state index in [1.807, 2.05) is 13.0 Å². The molecule has 2 N–H and O–H groups in total. The number of nitrogens with two attached hydrogens (primary N) is 1. The highest BCUT2D eigenvalue weighted by molar-refractivity contribution is 8.00. The summed E-state index contributed by atoms with van der Waals surface area (Å²) in [6.45, 7) is 4.09. The molecular formula is C5H11NS. The Morgan fingerprint density at radius 3 is 2.43 bits per heavy atom. The largest absolute Gasteiger partial charge is 0.274 e. The molecule has 0 aliphatic heterocycles. The zero-order chi connectivity index (χ0) is 5.70. The quantitative estimate of drug-likeness (QED) is 0.559. The summed E-state index contributed by atoms with van der Waals surface area (Å²) in [7, 11) is 0. The molecule has 0 bridgehead atoms. The lowest BCUT2D eigenvalue weighted by molar-refractivity contribution is 1.19. The summed E-state index contributed by atoms with van der Waals surface area (Å²) in [4.78, 5) is 1.25. The average Bonchev–Trinajstić information content (AvgIpc) is 1.72. The van der Waals surface area contributed by atoms with Gasteiger partial charge in [0, 0.05) is 0 Å². The van der Waals surface area contributed by atoms with E-state index in [0.29, 0.717) is 0 Å². The van der Waals surface area contributed by atoms with Crippen LogP contribution in [0.3, 0.4) is 0 Å². The zero-order valence-corrected chi connectivity index (χ0v) is 5.59. The van der Waals surface area contributed by atoms with E-state index in [4.69, 9.17) is 5.14 Å². The van der Waals surface area contributed by atoms with E-state index in [1.54, 1.807) is 0 Å². The van der Waals surface area contributed by atoms with Gasteiger partial charge in [-0.2, -0.15) is 0 Å². The fraction of sp³-hybridized carbons (Fsp3) is 0.600. The zero-order valence-electron chi connectivity index (χ0n) is 4.77. The Labute approximate surface area is 49.1 Å². The van der Waals surface area contributed by atoms with Crippen LogP contribution in [0.25, 0.3) is 0 Å². The van der Waals surface area contributed by atoms with Crippen LogP contribution in [0, 0.1) is 0 Å². The smallest absolute Gasteiger partial charge is 0.00443 e. The summed E-state index contributed by atoms with van der Waals surface area (Å²) < 4.78 is 0. The van der Waals surface area contributed by atoms with Crippen molar-refractivity contribution in [2.45, 2.75) is 20.3 Å². The number of rotatable bonds is 2. The van der Waals surface area contributed by atoms with E-state index in [0.717, 1.165) is 6.42 Å². The first-order chi connectivity index (χ1) is 3.35. The Morgan fingerprint density at radius 2 is 2.43 bits per heavy atom. The molecule has 0 heterocycles. The number of hydrogen-bond donors (Lipinski definition) is 1. The predicted octanol–water partition coefficient (Wildman–Crippen LogP) is 1.91. The highest BCUT2D eigenvalue weighted by atomic mass is 32.2. The van der Waals surface area contributed by atoms with Gasteiger partial charge >= 0.3 is 0 Å². The maximum Gasteiger partial charge on any atom is -0.00443 e. The van der Waals surface area contributed by atoms with Crippen molar-refractivity contribution in [3.8, 4) is 0 Å². The van der Waals surface area contributed by atoms with E-state index in [2.05, 4.69) is 6.92 Å². The molecule has 7 heavy (non-hydrogen) atoms. The Hall–Kier alpha value is 0.0500. The second-order valence-corrected chi connectivity index (χ2v) is 1.99. The van der Waals surface area contributed by atoms with Crippen molar-refractivity contribution in [1.82, 2.24) is 0 Å². The van der Waals surface area contributed by atoms with Gasteiger partial charge in [-0.15, -0.1) is 0 Å². The molecule has 0 amide bonds. The van der Waals surface area contributed by atoms with E-state index < -0.39 is 0 Å². The van der Waals surface area contributed by atoms with Crippen molar-refractivity contribution in [2.75, 3.05) is 0 Å². The van der Waals surface area contributed by atoms with Crippen molar-refractivity contribution in [3.05, 3.63) is 11.0 Å². The topological polar surface area (TPSA) is 26.0 Å². The van der Waals surface area contributed by atoms with Crippen molar-refractivity contribution >= 4 is 11.9 Å². The molecule has 0 saturated carbocycles. The molecule has 0 atom stereocenters. The van der Waals surface area contributed by atoms with Gasteiger partial charge in [-0.1, -0.05) is 24.9 Å². The lowest BCUT2D eigenvalue weighted by atomic mass is 10.4. The van der Waals surface area contributed by atoms with Crippen molar-refractivity contribution in [3.63, 3.8) is 0 Å². The third-order valence-corrected chi connectivity index (χ3v) is 1.65. The summed E-state index contributed by atoms with van der Waals surface area (Å²) in [6.07, 6.45) is 3.09. The highest BCUT2D eigenvalue weighted by Crippen LogP contribution is 2.10. The van der Waals surface area contributed by atoms with Crippen LogP contribution in [0.4, 0.5) is 0 Å². The van der Waals surface area contributed by atoms with E-state index >= 15 is 0 Å². The van der Waals surface area contributed by atoms with E-state index in [-0.39, 0.29) is 0 Å². The van der Waals surface area contributed by atoms with Crippen LogP contribution in [0.1, 0.15) is 20.3 Å². The molecular weight excluding hydrogens is 106 g/mol. The third kappa shape index (κ3) is 2.71. The van der Waals surface area contributed by atoms with Crippen LogP contribution in [-0.4, -0.2) is 0 Å². The molecule has 0 radical (unpaired) electrons. The lowest BCUT2D eigenvalue weighted by Crippen LogP contribution is -1.79. The van der Waals surface area contributed by atoms with Crippen LogP contribution in [0.5, 0.6) is 0 Å². The van der Waals surface area contributed by atoms with Gasteiger partial charge in [0.05, 0.1) is 0 Å². The van der Waals surface area contributed by atoms with Gasteiger partial charge in [-0.05, 0) is 18.2 Å². The van der Waals surface area contributed by atoms with Crippen LogP contribution in [0.15, 0.2) is 11.0 Å². The Bertz CT molecular complexity index is 62.5. The van der Waals surface area contributed by atoms with Crippen LogP contribution in [0.2, 0.25) is 0 Å². The molecule has 1 nitrogen and oxygen atoms in total. The second kappa shape index (κ2) is 4.22. The Morgan fingerprint density at radius 1 is 1.86 bits per heavy atom. The molecule has 0 unspecified atom stereocenters. The summed E-state index contributed by atoms with van der Waals surface area (Å²) in [6, 6.07) is 0. The van der Waals surface area contributed by atoms with E-state index in [9.17, 15) is 0 Å². The van der Waals surface area contributed by atoms with Crippen LogP contribution >= 0.6 is 11.9 Å². The first-order valence-electron chi connectivity index (χ1n) is 2.37. The highest BCUT2D eigenvalue weighted by Gasteiger charge is 1.83. The van der Waals surface area contributed by atoms with Gasteiger partial charge in [0.25, 0.3) is 0 Å². The maximum atomic E-state index is 5.24. The number of allylic oxidation sites excluding steroid dienone is 2. The normalized spacial score (nSPS) is 12.1. The van der Waals surface area contributed by atoms with E-state index in [1.165, 1.54) is 16.9 Å². The van der Waals surface area contributed by atoms with Gasteiger partial charge < -0.3 is 0 Å². The molecule has 0 spiro atoms. The molecule has 0 aliphatic rings. The predicted molar refractivity (Wildman–Crippen MR) is 35.8 cm³/mol. The monoisotopic (exact) mass is 117 g/mol. The molecule has 0 aromatic heterocycles. The minimum Gasteiger partial charge on any atom is -0.274 e. The van der Waals surface area contributed by atoms with Crippen molar-refractivity contribution in [2.24, 2.45) is 5.14 Å². The minimum absolute atomic E-state index is 1.05. The third-order valence-electron chi connectivity index (χ3n) is 0.822. The summed E-state index contributed by atoms with van der Waals surface area (Å²) in [5.41, 5.74) is 0. The Kier molecular flexibility index (Phi) is 4.25.